The lowest BCUT2D eigenvalue weighted by atomic mass is 10.3. The second-order valence-electron chi connectivity index (χ2n) is 3.11. The number of guanidine groups is 1. The number of H-pyrrole nitrogens is 1. The van der Waals surface area contributed by atoms with Gasteiger partial charge in [-0.3, -0.25) is 0 Å². The molecule has 2 rings (SSSR count). The number of aromatic amines is 1. The maximum atomic E-state index is 5.13. The first-order valence-corrected chi connectivity index (χ1v) is 4.65. The number of aromatic nitrogens is 2. The van der Waals surface area contributed by atoms with Crippen molar-refractivity contribution >= 4 is 23.2 Å². The van der Waals surface area contributed by atoms with Crippen LogP contribution in [0.2, 0.25) is 0 Å². The molecule has 0 unspecified atom stereocenters. The topological polar surface area (TPSA) is 104 Å². The third kappa shape index (κ3) is 2.30. The molecule has 80 valence electrons. The Kier molecular flexibility index (Phi) is 2.73. The molecule has 0 radical (unpaired) electrons. The van der Waals surface area contributed by atoms with Crippen LogP contribution < -0.4 is 16.5 Å². The Morgan fingerprint density at radius 1 is 1.31 bits per heavy atom. The largest absolute Gasteiger partial charge is 0.369 e. The van der Waals surface area contributed by atoms with Gasteiger partial charge >= 0.3 is 0 Å². The van der Waals surface area contributed by atoms with Crippen molar-refractivity contribution in [3.05, 3.63) is 36.2 Å². The molecule has 0 saturated carbocycles. The smallest absolute Gasteiger partial charge is 0.229 e. The molecule has 0 fully saturated rings. The van der Waals surface area contributed by atoms with E-state index in [9.17, 15) is 0 Å². The molecule has 0 bridgehead atoms. The van der Waals surface area contributed by atoms with E-state index in [-0.39, 0.29) is 5.96 Å². The molecule has 2 aromatic rings. The van der Waals surface area contributed by atoms with Crippen molar-refractivity contribution in [2.45, 2.75) is 0 Å². The monoisotopic (exact) mass is 215 g/mol. The lowest BCUT2D eigenvalue weighted by Gasteiger charge is -1.91. The van der Waals surface area contributed by atoms with Gasteiger partial charge in [-0.2, -0.15) is 5.10 Å². The summed E-state index contributed by atoms with van der Waals surface area (Å²) in [5, 5.41) is 7.17. The lowest BCUT2D eigenvalue weighted by molar-refractivity contribution is -0.345. The van der Waals surface area contributed by atoms with Crippen LogP contribution in [-0.2, 0) is 0 Å². The van der Waals surface area contributed by atoms with E-state index in [0.29, 0.717) is 5.69 Å². The fourth-order valence-corrected chi connectivity index (χ4v) is 1.24. The Morgan fingerprint density at radius 3 is 2.94 bits per heavy atom. The fraction of sp³-hybridized carbons (Fsp3) is 0. The van der Waals surface area contributed by atoms with E-state index < -0.39 is 0 Å². The van der Waals surface area contributed by atoms with Crippen molar-refractivity contribution in [3.63, 3.8) is 0 Å². The minimum absolute atomic E-state index is 0.0824. The molecule has 0 aliphatic carbocycles. The van der Waals surface area contributed by atoms with E-state index in [1.165, 1.54) is 6.21 Å². The van der Waals surface area contributed by atoms with Gasteiger partial charge in [0.05, 0.1) is 6.21 Å². The first-order chi connectivity index (χ1) is 7.75. The minimum atomic E-state index is -0.0824. The maximum absolute atomic E-state index is 5.13. The zero-order valence-corrected chi connectivity index (χ0v) is 8.46. The van der Waals surface area contributed by atoms with Crippen LogP contribution in [-0.4, -0.2) is 17.2 Å². The van der Waals surface area contributed by atoms with E-state index in [1.807, 2.05) is 24.3 Å². The number of benzene rings is 1. The van der Waals surface area contributed by atoms with Gasteiger partial charge in [-0.1, -0.05) is 12.1 Å². The average molecular weight is 215 g/mol. The Bertz CT molecular complexity index is 556. The number of hydrogen-bond acceptors (Lipinski definition) is 3. The number of nitrogens with one attached hydrogen (secondary N) is 1. The molecule has 16 heavy (non-hydrogen) atoms. The van der Waals surface area contributed by atoms with Gasteiger partial charge in [-0.15, -0.1) is 5.10 Å². The summed E-state index contributed by atoms with van der Waals surface area (Å²) in [6.07, 6.45) is 3.21. The average Bonchev–Trinajstić information content (AvgIpc) is 2.28. The van der Waals surface area contributed by atoms with Crippen molar-refractivity contribution in [1.82, 2.24) is 4.98 Å². The Morgan fingerprint density at radius 2 is 2.12 bits per heavy atom. The number of nitrogens with two attached hydrogens (primary N) is 2. The summed E-state index contributed by atoms with van der Waals surface area (Å²) >= 11 is 0. The normalized spacial score (nSPS) is 10.8. The second-order valence-corrected chi connectivity index (χ2v) is 3.11. The van der Waals surface area contributed by atoms with Crippen molar-refractivity contribution in [1.29, 1.82) is 0 Å². The highest BCUT2D eigenvalue weighted by molar-refractivity contribution is 5.81. The van der Waals surface area contributed by atoms with Gasteiger partial charge in [-0.25, -0.2) is 9.97 Å². The first-order valence-electron chi connectivity index (χ1n) is 4.65. The number of para-hydroxylation sites is 2. The van der Waals surface area contributed by atoms with E-state index in [4.69, 9.17) is 11.5 Å². The fourth-order valence-electron chi connectivity index (χ4n) is 1.24. The molecule has 5 N–H and O–H groups in total. The zero-order valence-electron chi connectivity index (χ0n) is 8.46. The number of hydrogen-bond donors (Lipinski definition) is 2. The van der Waals surface area contributed by atoms with Crippen LogP contribution >= 0.6 is 0 Å². The van der Waals surface area contributed by atoms with Crippen LogP contribution in [0.25, 0.3) is 11.0 Å². The van der Waals surface area contributed by atoms with Gasteiger partial charge < -0.3 is 11.5 Å². The Labute approximate surface area is 91.7 Å². The highest BCUT2D eigenvalue weighted by atomic mass is 15.3. The summed E-state index contributed by atoms with van der Waals surface area (Å²) in [4.78, 5) is 7.43. The maximum Gasteiger partial charge on any atom is 0.229 e. The van der Waals surface area contributed by atoms with Crippen LogP contribution in [0.15, 0.2) is 40.7 Å². The van der Waals surface area contributed by atoms with Gasteiger partial charge in [0.1, 0.15) is 11.2 Å². The summed E-state index contributed by atoms with van der Waals surface area (Å²) < 4.78 is 0. The molecule has 0 saturated heterocycles. The van der Waals surface area contributed by atoms with Crippen molar-refractivity contribution in [2.75, 3.05) is 0 Å². The molecule has 1 heterocycles. The highest BCUT2D eigenvalue weighted by Gasteiger charge is 2.01. The van der Waals surface area contributed by atoms with Gasteiger partial charge in [0.2, 0.25) is 11.5 Å². The van der Waals surface area contributed by atoms with Gasteiger partial charge in [0.15, 0.2) is 6.20 Å². The highest BCUT2D eigenvalue weighted by Crippen LogP contribution is 2.03. The van der Waals surface area contributed by atoms with E-state index in [0.717, 1.165) is 11.0 Å². The lowest BCUT2D eigenvalue weighted by Crippen LogP contribution is -2.21. The summed E-state index contributed by atoms with van der Waals surface area (Å²) in [6, 6.07) is 7.71. The summed E-state index contributed by atoms with van der Waals surface area (Å²) in [5.41, 5.74) is 12.7. The van der Waals surface area contributed by atoms with E-state index in [1.54, 1.807) is 6.20 Å². The van der Waals surface area contributed by atoms with Gasteiger partial charge in [0, 0.05) is 6.07 Å². The molecule has 0 spiro atoms. The minimum Gasteiger partial charge on any atom is -0.369 e. The molecule has 0 aliphatic rings. The van der Waals surface area contributed by atoms with Gasteiger partial charge in [0.25, 0.3) is 0 Å². The molecule has 1 aromatic carbocycles. The molecular formula is C10H11N6+. The molecule has 0 amide bonds. The first kappa shape index (κ1) is 10.0. The molecule has 0 atom stereocenters. The van der Waals surface area contributed by atoms with E-state index in [2.05, 4.69) is 20.2 Å². The van der Waals surface area contributed by atoms with Gasteiger partial charge in [-0.05, 0) is 6.07 Å². The molecule has 6 heteroatoms. The predicted octanol–water partition coefficient (Wildman–Crippen LogP) is -0.344. The SMILES string of the molecule is NC(N)=N/N=C/c1c[nH+]c2ccccc2n1. The summed E-state index contributed by atoms with van der Waals surface area (Å²) in [6.45, 7) is 0. The van der Waals surface area contributed by atoms with Crippen molar-refractivity contribution in [3.8, 4) is 0 Å². The second kappa shape index (κ2) is 4.35. The predicted molar refractivity (Wildman–Crippen MR) is 61.7 cm³/mol. The molecule has 1 aromatic heterocycles. The third-order valence-electron chi connectivity index (χ3n) is 1.89. The van der Waals surface area contributed by atoms with Crippen LogP contribution in [0.4, 0.5) is 0 Å². The van der Waals surface area contributed by atoms with Crippen molar-refractivity contribution in [2.24, 2.45) is 21.7 Å². The molecule has 6 nitrogen and oxygen atoms in total. The van der Waals surface area contributed by atoms with Crippen LogP contribution in [0, 0.1) is 0 Å². The molecular weight excluding hydrogens is 204 g/mol. The van der Waals surface area contributed by atoms with Crippen LogP contribution in [0.3, 0.4) is 0 Å². The third-order valence-corrected chi connectivity index (χ3v) is 1.89. The Balaban J connectivity index is 2.33. The standard InChI is InChI=1S/C10H10N6/c11-10(12)16-14-6-7-5-13-8-3-1-2-4-9(8)15-7/h1-6H,(H4,11,12,16)/p+1/b14-6+. The molecule has 0 aliphatic heterocycles. The number of rotatable bonds is 2. The quantitative estimate of drug-likeness (QED) is 0.406. The van der Waals surface area contributed by atoms with Crippen LogP contribution in [0.1, 0.15) is 5.69 Å². The van der Waals surface area contributed by atoms with Crippen LogP contribution in [0.5, 0.6) is 0 Å². The number of fused-ring (bicyclic) bond motifs is 1. The summed E-state index contributed by atoms with van der Waals surface area (Å²) in [5.74, 6) is -0.0824. The van der Waals surface area contributed by atoms with E-state index >= 15 is 0 Å². The number of nitrogens with zero attached hydrogens (tertiary/aromatic N) is 3. The van der Waals surface area contributed by atoms with Crippen molar-refractivity contribution < 1.29 is 4.98 Å². The Hall–Kier alpha value is -2.50. The summed E-state index contributed by atoms with van der Waals surface area (Å²) in [7, 11) is 0. The zero-order chi connectivity index (χ0) is 11.4.